The van der Waals surface area contributed by atoms with Crippen molar-refractivity contribution in [3.8, 4) is 0 Å². The van der Waals surface area contributed by atoms with Gasteiger partial charge < -0.3 is 15.5 Å². The number of rotatable bonds is 3. The summed E-state index contributed by atoms with van der Waals surface area (Å²) in [6.45, 7) is 5.59. The van der Waals surface area contributed by atoms with Crippen LogP contribution in [0.4, 0.5) is 14.6 Å². The Kier molecular flexibility index (Phi) is 5.52. The van der Waals surface area contributed by atoms with Crippen LogP contribution < -0.4 is 10.6 Å². The van der Waals surface area contributed by atoms with Gasteiger partial charge in [0, 0.05) is 43.5 Å². The fourth-order valence-electron chi connectivity index (χ4n) is 4.93. The van der Waals surface area contributed by atoms with Crippen LogP contribution in [0.15, 0.2) is 24.4 Å². The van der Waals surface area contributed by atoms with Crippen LogP contribution in [0, 0.1) is 25.5 Å². The molecule has 1 aromatic carbocycles. The topological polar surface area (TPSA) is 79.8 Å². The van der Waals surface area contributed by atoms with E-state index in [1.807, 2.05) is 19.2 Å². The summed E-state index contributed by atoms with van der Waals surface area (Å²) in [5.41, 5.74) is 8.41. The lowest BCUT2D eigenvalue weighted by Gasteiger charge is -2.34. The number of carbonyl (C=O) groups excluding carboxylic acids is 1. The molecule has 5 rings (SSSR count). The molecule has 2 N–H and O–H groups in total. The van der Waals surface area contributed by atoms with Crippen molar-refractivity contribution in [3.63, 3.8) is 0 Å². The van der Waals surface area contributed by atoms with Gasteiger partial charge in [-0.1, -0.05) is 6.07 Å². The van der Waals surface area contributed by atoms with Gasteiger partial charge in [0.25, 0.3) is 5.91 Å². The van der Waals surface area contributed by atoms with E-state index in [-0.39, 0.29) is 23.2 Å². The summed E-state index contributed by atoms with van der Waals surface area (Å²) >= 11 is 0. The van der Waals surface area contributed by atoms with E-state index in [0.29, 0.717) is 24.3 Å². The van der Waals surface area contributed by atoms with Gasteiger partial charge in [0.05, 0.1) is 17.3 Å². The molecule has 0 unspecified atom stereocenters. The van der Waals surface area contributed by atoms with Gasteiger partial charge in [-0.3, -0.25) is 4.79 Å². The third kappa shape index (κ3) is 3.84. The number of halogens is 2. The monoisotopic (exact) mass is 454 g/mol. The fourth-order valence-corrected chi connectivity index (χ4v) is 4.93. The van der Waals surface area contributed by atoms with E-state index < -0.39 is 17.5 Å². The van der Waals surface area contributed by atoms with Crippen LogP contribution in [0.3, 0.4) is 0 Å². The second-order valence-electron chi connectivity index (χ2n) is 9.18. The van der Waals surface area contributed by atoms with Crippen LogP contribution in [0.5, 0.6) is 0 Å². The Morgan fingerprint density at radius 1 is 1.09 bits per heavy atom. The Balaban J connectivity index is 1.48. The highest BCUT2D eigenvalue weighted by atomic mass is 19.2. The number of hydrogen-bond acceptors (Lipinski definition) is 5. The standard InChI is InChI=1S/C24H28F2N6O/c1-14-6-7-17(22(26)21(14)25)24(33)31-9-4-3-5-19(31)18-11-20-28-23(15(2)12-32(20)29-18)30-10-8-16(27)13-30/h6-7,11-12,16,19H,3-5,8-10,13,27H2,1-2H3/t16-,19-/m0/s1. The molecule has 33 heavy (non-hydrogen) atoms. The minimum absolute atomic E-state index is 0.150. The average Bonchev–Trinajstić information content (AvgIpc) is 3.42. The van der Waals surface area contributed by atoms with Crippen LogP contribution in [0.25, 0.3) is 5.65 Å². The van der Waals surface area contributed by atoms with Crippen molar-refractivity contribution < 1.29 is 13.6 Å². The number of aryl methyl sites for hydroxylation is 2. The molecular weight excluding hydrogens is 426 g/mol. The Morgan fingerprint density at radius 2 is 1.91 bits per heavy atom. The Morgan fingerprint density at radius 3 is 2.67 bits per heavy atom. The molecule has 0 saturated carbocycles. The lowest BCUT2D eigenvalue weighted by molar-refractivity contribution is 0.0599. The van der Waals surface area contributed by atoms with Crippen molar-refractivity contribution in [1.29, 1.82) is 0 Å². The van der Waals surface area contributed by atoms with Crippen molar-refractivity contribution in [2.24, 2.45) is 5.73 Å². The first-order valence-corrected chi connectivity index (χ1v) is 11.5. The Labute approximate surface area is 191 Å². The molecule has 0 bridgehead atoms. The van der Waals surface area contributed by atoms with E-state index in [1.54, 1.807) is 9.42 Å². The average molecular weight is 455 g/mol. The van der Waals surface area contributed by atoms with Gasteiger partial charge in [-0.05, 0) is 51.2 Å². The van der Waals surface area contributed by atoms with Crippen LogP contribution in [-0.4, -0.2) is 51.1 Å². The number of carbonyl (C=O) groups is 1. The first kappa shape index (κ1) is 21.8. The van der Waals surface area contributed by atoms with E-state index >= 15 is 0 Å². The highest BCUT2D eigenvalue weighted by Gasteiger charge is 2.33. The van der Waals surface area contributed by atoms with Gasteiger partial charge >= 0.3 is 0 Å². The zero-order valence-electron chi connectivity index (χ0n) is 18.9. The number of aromatic nitrogens is 3. The van der Waals surface area contributed by atoms with Crippen molar-refractivity contribution in [3.05, 3.63) is 58.4 Å². The smallest absolute Gasteiger partial charge is 0.257 e. The van der Waals surface area contributed by atoms with Gasteiger partial charge in [0.2, 0.25) is 0 Å². The second-order valence-corrected chi connectivity index (χ2v) is 9.18. The SMILES string of the molecule is Cc1cn2nc([C@@H]3CCCCN3C(=O)c3ccc(C)c(F)c3F)cc2nc1N1CC[C@H](N)C1. The van der Waals surface area contributed by atoms with E-state index in [1.165, 1.54) is 19.1 Å². The summed E-state index contributed by atoms with van der Waals surface area (Å²) in [5, 5.41) is 4.71. The summed E-state index contributed by atoms with van der Waals surface area (Å²) in [4.78, 5) is 21.9. The van der Waals surface area contributed by atoms with E-state index in [4.69, 9.17) is 15.8 Å². The minimum atomic E-state index is -1.09. The van der Waals surface area contributed by atoms with E-state index in [0.717, 1.165) is 43.7 Å². The molecule has 7 nitrogen and oxygen atoms in total. The Hall–Kier alpha value is -3.07. The van der Waals surface area contributed by atoms with E-state index in [2.05, 4.69) is 4.90 Å². The molecule has 2 aliphatic heterocycles. The highest BCUT2D eigenvalue weighted by Crippen LogP contribution is 2.33. The first-order chi connectivity index (χ1) is 15.8. The molecule has 0 radical (unpaired) electrons. The summed E-state index contributed by atoms with van der Waals surface area (Å²) in [7, 11) is 0. The number of amides is 1. The molecule has 1 amide bonds. The maximum Gasteiger partial charge on any atom is 0.257 e. The van der Waals surface area contributed by atoms with Crippen molar-refractivity contribution in [2.45, 2.75) is 51.6 Å². The second kappa shape index (κ2) is 8.37. The molecule has 2 aromatic heterocycles. The lowest BCUT2D eigenvalue weighted by atomic mass is 9.98. The number of nitrogens with zero attached hydrogens (tertiary/aromatic N) is 5. The van der Waals surface area contributed by atoms with Gasteiger partial charge in [-0.15, -0.1) is 0 Å². The molecule has 2 fully saturated rings. The predicted molar refractivity (Wildman–Crippen MR) is 121 cm³/mol. The maximum atomic E-state index is 14.6. The van der Waals surface area contributed by atoms with Crippen LogP contribution in [-0.2, 0) is 0 Å². The van der Waals surface area contributed by atoms with Crippen LogP contribution >= 0.6 is 0 Å². The summed E-state index contributed by atoms with van der Waals surface area (Å²) in [5.74, 6) is -1.68. The zero-order valence-corrected chi connectivity index (χ0v) is 18.9. The molecule has 9 heteroatoms. The first-order valence-electron chi connectivity index (χ1n) is 11.5. The molecular formula is C24H28F2N6O. The van der Waals surface area contributed by atoms with Crippen LogP contribution in [0.1, 0.15) is 58.9 Å². The zero-order chi connectivity index (χ0) is 23.3. The number of benzene rings is 1. The molecule has 2 atom stereocenters. The minimum Gasteiger partial charge on any atom is -0.355 e. The lowest BCUT2D eigenvalue weighted by Crippen LogP contribution is -2.39. The summed E-state index contributed by atoms with van der Waals surface area (Å²) in [6.07, 6.45) is 5.32. The molecule has 3 aromatic rings. The number of piperidine rings is 1. The van der Waals surface area contributed by atoms with Gasteiger partial charge in [-0.2, -0.15) is 5.10 Å². The highest BCUT2D eigenvalue weighted by molar-refractivity contribution is 5.95. The molecule has 2 saturated heterocycles. The van der Waals surface area contributed by atoms with Gasteiger partial charge in [0.15, 0.2) is 17.3 Å². The summed E-state index contributed by atoms with van der Waals surface area (Å²) in [6, 6.07) is 4.52. The third-order valence-electron chi connectivity index (χ3n) is 6.76. The number of hydrogen-bond donors (Lipinski definition) is 1. The quantitative estimate of drug-likeness (QED) is 0.655. The Bertz CT molecular complexity index is 1230. The van der Waals surface area contributed by atoms with E-state index in [9.17, 15) is 13.6 Å². The summed E-state index contributed by atoms with van der Waals surface area (Å²) < 4.78 is 30.4. The van der Waals surface area contributed by atoms with Crippen molar-refractivity contribution in [1.82, 2.24) is 19.5 Å². The normalized spacial score (nSPS) is 21.2. The largest absolute Gasteiger partial charge is 0.355 e. The van der Waals surface area contributed by atoms with Crippen molar-refractivity contribution >= 4 is 17.4 Å². The third-order valence-corrected chi connectivity index (χ3v) is 6.76. The molecule has 0 aliphatic carbocycles. The number of anilines is 1. The fraction of sp³-hybridized carbons (Fsp3) is 0.458. The van der Waals surface area contributed by atoms with Crippen LogP contribution in [0.2, 0.25) is 0 Å². The molecule has 0 spiro atoms. The van der Waals surface area contributed by atoms with Gasteiger partial charge in [0.1, 0.15) is 5.82 Å². The molecule has 174 valence electrons. The number of fused-ring (bicyclic) bond motifs is 1. The number of likely N-dealkylation sites (tertiary alicyclic amines) is 1. The van der Waals surface area contributed by atoms with Crippen molar-refractivity contribution in [2.75, 3.05) is 24.5 Å². The maximum absolute atomic E-state index is 14.6. The molecule has 2 aliphatic rings. The predicted octanol–water partition coefficient (Wildman–Crippen LogP) is 3.53. The number of nitrogens with two attached hydrogens (primary N) is 1. The molecule has 4 heterocycles. The van der Waals surface area contributed by atoms with Gasteiger partial charge in [-0.25, -0.2) is 18.3 Å².